The summed E-state index contributed by atoms with van der Waals surface area (Å²) in [6.07, 6.45) is 1.05. The van der Waals surface area contributed by atoms with Gasteiger partial charge in [0.15, 0.2) is 0 Å². The van der Waals surface area contributed by atoms with Crippen LogP contribution >= 0.6 is 0 Å². The molecular formula is C38H27N. The topological polar surface area (TPSA) is 3.24 Å². The number of hydrogen-bond donors (Lipinski definition) is 0. The zero-order valence-corrected chi connectivity index (χ0v) is 21.9. The summed E-state index contributed by atoms with van der Waals surface area (Å²) in [5, 5.41) is 13.1. The van der Waals surface area contributed by atoms with Crippen LogP contribution in [0.5, 0.6) is 0 Å². The number of fused-ring (bicyclic) bond motifs is 3. The largest absolute Gasteiger partial charge is 0.310 e. The van der Waals surface area contributed by atoms with Crippen LogP contribution in [0.25, 0.3) is 53.9 Å². The first-order valence-corrected chi connectivity index (χ1v) is 13.8. The van der Waals surface area contributed by atoms with E-state index in [1.807, 2.05) is 0 Å². The number of para-hydroxylation sites is 1. The van der Waals surface area contributed by atoms with Crippen LogP contribution in [0, 0.1) is 0 Å². The molecule has 0 aromatic heterocycles. The summed E-state index contributed by atoms with van der Waals surface area (Å²) >= 11 is 0. The Morgan fingerprint density at radius 2 is 1.08 bits per heavy atom. The van der Waals surface area contributed by atoms with Gasteiger partial charge in [0.2, 0.25) is 0 Å². The maximum atomic E-state index is 2.41. The fourth-order valence-electron chi connectivity index (χ4n) is 6.47. The van der Waals surface area contributed by atoms with E-state index >= 15 is 0 Å². The second-order valence-electron chi connectivity index (χ2n) is 10.5. The maximum absolute atomic E-state index is 2.41. The van der Waals surface area contributed by atoms with E-state index in [0.29, 0.717) is 0 Å². The van der Waals surface area contributed by atoms with Crippen molar-refractivity contribution in [3.63, 3.8) is 0 Å². The summed E-state index contributed by atoms with van der Waals surface area (Å²) in [4.78, 5) is 2.41. The first-order chi connectivity index (χ1) is 19.3. The number of rotatable bonds is 4. The van der Waals surface area contributed by atoms with Crippen LogP contribution in [0.3, 0.4) is 0 Å². The van der Waals surface area contributed by atoms with Gasteiger partial charge in [-0.3, -0.25) is 0 Å². The molecule has 1 heteroatoms. The molecule has 0 aliphatic rings. The van der Waals surface area contributed by atoms with Gasteiger partial charge in [-0.15, -0.1) is 0 Å². The van der Waals surface area contributed by atoms with Gasteiger partial charge in [0.1, 0.15) is 0 Å². The van der Waals surface area contributed by atoms with Crippen molar-refractivity contribution in [2.75, 3.05) is 4.90 Å². The summed E-state index contributed by atoms with van der Waals surface area (Å²) in [6, 6.07) is 49.2. The molecule has 184 valence electrons. The van der Waals surface area contributed by atoms with Crippen molar-refractivity contribution in [3.8, 4) is 0 Å². The first kappa shape index (κ1) is 22.1. The fourth-order valence-corrected chi connectivity index (χ4v) is 6.47. The Kier molecular flexibility index (Phi) is 4.87. The summed E-state index contributed by atoms with van der Waals surface area (Å²) in [6.45, 7) is 2.21. The summed E-state index contributed by atoms with van der Waals surface area (Å²) < 4.78 is 0. The van der Waals surface area contributed by atoms with Gasteiger partial charge < -0.3 is 4.90 Å². The molecule has 0 saturated heterocycles. The van der Waals surface area contributed by atoms with Gasteiger partial charge in [0.05, 0.1) is 5.69 Å². The second kappa shape index (κ2) is 8.58. The molecule has 1 nitrogen and oxygen atoms in total. The SMILES string of the molecule is CCc1ccc2cc(N(c3ccccc3)c3ccc4c5cccc6cccc(c7cccc3c74)c65)ccc2c1. The second-order valence-corrected chi connectivity index (χ2v) is 10.5. The lowest BCUT2D eigenvalue weighted by Gasteiger charge is -2.28. The molecule has 0 unspecified atom stereocenters. The molecule has 0 heterocycles. The molecule has 0 spiro atoms. The molecule has 39 heavy (non-hydrogen) atoms. The van der Waals surface area contributed by atoms with E-state index in [-0.39, 0.29) is 0 Å². The molecule has 8 aromatic rings. The van der Waals surface area contributed by atoms with Crippen LogP contribution in [0.15, 0.2) is 133 Å². The molecule has 8 rings (SSSR count). The van der Waals surface area contributed by atoms with Crippen LogP contribution in [0.1, 0.15) is 12.5 Å². The molecule has 0 N–H and O–H groups in total. The number of aryl methyl sites for hydroxylation is 1. The van der Waals surface area contributed by atoms with Gasteiger partial charge >= 0.3 is 0 Å². The van der Waals surface area contributed by atoms with Crippen molar-refractivity contribution in [2.45, 2.75) is 13.3 Å². The highest BCUT2D eigenvalue weighted by Crippen LogP contribution is 2.46. The fraction of sp³-hybridized carbons (Fsp3) is 0.0526. The molecule has 0 amide bonds. The van der Waals surface area contributed by atoms with Crippen LogP contribution in [0.4, 0.5) is 17.1 Å². The third kappa shape index (κ3) is 3.33. The average molecular weight is 498 g/mol. The lowest BCUT2D eigenvalue weighted by Crippen LogP contribution is -2.10. The molecule has 8 aromatic carbocycles. The standard InChI is InChI=1S/C38H27N/c1-2-25-17-18-28-24-30(20-19-27(28)23-25)39(29-11-4-3-5-12-29)36-22-21-34-32-14-7-10-26-9-6-13-31(37(26)32)33-15-8-16-35(36)38(33)34/h3-24H,2H2,1H3. The van der Waals surface area contributed by atoms with Crippen LogP contribution in [0.2, 0.25) is 0 Å². The Labute approximate surface area is 227 Å². The number of nitrogens with zero attached hydrogens (tertiary/aromatic N) is 1. The summed E-state index contributed by atoms with van der Waals surface area (Å²) in [7, 11) is 0. The van der Waals surface area contributed by atoms with E-state index in [9.17, 15) is 0 Å². The van der Waals surface area contributed by atoms with Gasteiger partial charge in [-0.25, -0.2) is 0 Å². The van der Waals surface area contributed by atoms with Crippen molar-refractivity contribution in [1.82, 2.24) is 0 Å². The van der Waals surface area contributed by atoms with Crippen molar-refractivity contribution in [1.29, 1.82) is 0 Å². The Morgan fingerprint density at radius 3 is 1.85 bits per heavy atom. The quantitative estimate of drug-likeness (QED) is 0.173. The molecule has 0 fully saturated rings. The van der Waals surface area contributed by atoms with Crippen molar-refractivity contribution < 1.29 is 0 Å². The van der Waals surface area contributed by atoms with E-state index < -0.39 is 0 Å². The van der Waals surface area contributed by atoms with Gasteiger partial charge in [-0.05, 0) is 90.8 Å². The molecule has 0 bridgehead atoms. The highest BCUT2D eigenvalue weighted by atomic mass is 15.1. The maximum Gasteiger partial charge on any atom is 0.0540 e. The monoisotopic (exact) mass is 497 g/mol. The first-order valence-electron chi connectivity index (χ1n) is 13.8. The van der Waals surface area contributed by atoms with Crippen molar-refractivity contribution >= 4 is 70.9 Å². The summed E-state index contributed by atoms with van der Waals surface area (Å²) in [5.74, 6) is 0. The lowest BCUT2D eigenvalue weighted by atomic mass is 9.89. The third-order valence-corrected chi connectivity index (χ3v) is 8.31. The highest BCUT2D eigenvalue weighted by Gasteiger charge is 2.19. The van der Waals surface area contributed by atoms with Gasteiger partial charge in [-0.1, -0.05) is 110 Å². The van der Waals surface area contributed by atoms with Crippen molar-refractivity contribution in [2.24, 2.45) is 0 Å². The van der Waals surface area contributed by atoms with Crippen molar-refractivity contribution in [3.05, 3.63) is 139 Å². The van der Waals surface area contributed by atoms with E-state index in [2.05, 4.69) is 145 Å². The predicted octanol–water partition coefficient (Wildman–Crippen LogP) is 10.9. The average Bonchev–Trinajstić information content (AvgIpc) is 3.00. The zero-order valence-electron chi connectivity index (χ0n) is 21.9. The molecular weight excluding hydrogens is 470 g/mol. The Morgan fingerprint density at radius 1 is 0.436 bits per heavy atom. The smallest absolute Gasteiger partial charge is 0.0540 e. The highest BCUT2D eigenvalue weighted by molar-refractivity contribution is 6.34. The zero-order chi connectivity index (χ0) is 25.9. The van der Waals surface area contributed by atoms with Gasteiger partial charge in [-0.2, -0.15) is 0 Å². The normalized spacial score (nSPS) is 11.8. The lowest BCUT2D eigenvalue weighted by molar-refractivity contribution is 1.15. The Bertz CT molecular complexity index is 2110. The van der Waals surface area contributed by atoms with Gasteiger partial charge in [0.25, 0.3) is 0 Å². The number of hydrogen-bond acceptors (Lipinski definition) is 1. The van der Waals surface area contributed by atoms with Crippen LogP contribution in [-0.4, -0.2) is 0 Å². The van der Waals surface area contributed by atoms with Crippen LogP contribution < -0.4 is 4.90 Å². The minimum atomic E-state index is 1.05. The van der Waals surface area contributed by atoms with E-state index in [1.165, 1.54) is 65.1 Å². The Hall–Kier alpha value is -4.88. The van der Waals surface area contributed by atoms with E-state index in [1.54, 1.807) is 0 Å². The Balaban J connectivity index is 1.45. The van der Waals surface area contributed by atoms with E-state index in [4.69, 9.17) is 0 Å². The molecule has 0 atom stereocenters. The van der Waals surface area contributed by atoms with Crippen LogP contribution in [-0.2, 0) is 6.42 Å². The molecule has 0 saturated carbocycles. The minimum Gasteiger partial charge on any atom is -0.310 e. The number of anilines is 3. The van der Waals surface area contributed by atoms with Gasteiger partial charge in [0, 0.05) is 16.8 Å². The minimum absolute atomic E-state index is 1.05. The molecule has 0 aliphatic heterocycles. The number of benzene rings is 8. The summed E-state index contributed by atoms with van der Waals surface area (Å²) in [5.41, 5.74) is 4.88. The predicted molar refractivity (Wildman–Crippen MR) is 169 cm³/mol. The molecule has 0 radical (unpaired) electrons. The third-order valence-electron chi connectivity index (χ3n) is 8.31. The molecule has 0 aliphatic carbocycles. The van der Waals surface area contributed by atoms with E-state index in [0.717, 1.165) is 17.8 Å².